The van der Waals surface area contributed by atoms with Crippen molar-refractivity contribution in [1.29, 1.82) is 0 Å². The van der Waals surface area contributed by atoms with Gasteiger partial charge in [0.05, 0.1) is 18.2 Å². The zero-order chi connectivity index (χ0) is 14.7. The molecule has 1 aliphatic heterocycles. The maximum Gasteiger partial charge on any atom is 0.241 e. The van der Waals surface area contributed by atoms with Crippen LogP contribution in [0, 0.1) is 5.82 Å². The van der Waals surface area contributed by atoms with E-state index < -0.39 is 0 Å². The molecule has 110 valence electrons. The number of halogens is 1. The number of hydrogen-bond donors (Lipinski definition) is 1. The van der Waals surface area contributed by atoms with Crippen molar-refractivity contribution in [2.24, 2.45) is 0 Å². The van der Waals surface area contributed by atoms with Crippen LogP contribution >= 0.6 is 0 Å². The van der Waals surface area contributed by atoms with E-state index in [-0.39, 0.29) is 30.0 Å². The Kier molecular flexibility index (Phi) is 4.73. The number of ether oxygens (including phenoxy) is 1. The molecule has 20 heavy (non-hydrogen) atoms. The van der Waals surface area contributed by atoms with E-state index in [4.69, 9.17) is 4.74 Å². The van der Waals surface area contributed by atoms with Crippen molar-refractivity contribution >= 4 is 11.6 Å². The highest BCUT2D eigenvalue weighted by Crippen LogP contribution is 2.15. The summed E-state index contributed by atoms with van der Waals surface area (Å²) in [5.74, 6) is -0.398. The van der Waals surface area contributed by atoms with Crippen molar-refractivity contribution in [2.75, 3.05) is 18.4 Å². The van der Waals surface area contributed by atoms with Crippen molar-refractivity contribution in [3.8, 4) is 0 Å². The number of nitrogens with zero attached hydrogens (tertiary/aromatic N) is 1. The molecule has 0 spiro atoms. The van der Waals surface area contributed by atoms with Gasteiger partial charge < -0.3 is 10.1 Å². The summed E-state index contributed by atoms with van der Waals surface area (Å²) in [4.78, 5) is 14.3. The van der Waals surface area contributed by atoms with Gasteiger partial charge in [0.2, 0.25) is 5.91 Å². The Bertz CT molecular complexity index is 453. The smallest absolute Gasteiger partial charge is 0.241 e. The van der Waals surface area contributed by atoms with E-state index in [0.717, 1.165) is 13.1 Å². The van der Waals surface area contributed by atoms with Gasteiger partial charge in [-0.2, -0.15) is 0 Å². The minimum atomic E-state index is -0.313. The Morgan fingerprint density at radius 1 is 1.30 bits per heavy atom. The molecule has 0 saturated carbocycles. The Morgan fingerprint density at radius 3 is 2.40 bits per heavy atom. The largest absolute Gasteiger partial charge is 0.373 e. The molecule has 0 bridgehead atoms. The minimum absolute atomic E-state index is 0.0853. The van der Waals surface area contributed by atoms with E-state index in [1.165, 1.54) is 12.1 Å². The molecule has 1 fully saturated rings. The van der Waals surface area contributed by atoms with Gasteiger partial charge in [0, 0.05) is 18.8 Å². The van der Waals surface area contributed by atoms with Crippen LogP contribution in [0.1, 0.15) is 20.8 Å². The van der Waals surface area contributed by atoms with Gasteiger partial charge in [-0.3, -0.25) is 9.69 Å². The van der Waals surface area contributed by atoms with Crippen molar-refractivity contribution in [3.63, 3.8) is 0 Å². The fourth-order valence-corrected chi connectivity index (χ4v) is 2.48. The molecule has 1 aliphatic rings. The van der Waals surface area contributed by atoms with Crippen LogP contribution in [0.5, 0.6) is 0 Å². The fraction of sp³-hybridized carbons (Fsp3) is 0.533. The highest BCUT2D eigenvalue weighted by molar-refractivity contribution is 5.94. The maximum absolute atomic E-state index is 12.8. The molecule has 0 unspecified atom stereocenters. The van der Waals surface area contributed by atoms with E-state index in [9.17, 15) is 9.18 Å². The van der Waals surface area contributed by atoms with Crippen LogP contribution in [0.25, 0.3) is 0 Å². The number of anilines is 1. The number of carbonyl (C=O) groups is 1. The second kappa shape index (κ2) is 6.33. The van der Waals surface area contributed by atoms with Gasteiger partial charge in [-0.15, -0.1) is 0 Å². The molecule has 0 radical (unpaired) electrons. The third-order valence-corrected chi connectivity index (χ3v) is 3.49. The van der Waals surface area contributed by atoms with Gasteiger partial charge in [-0.25, -0.2) is 4.39 Å². The molecule has 0 aliphatic carbocycles. The molecular weight excluding hydrogens is 259 g/mol. The topological polar surface area (TPSA) is 41.6 Å². The average Bonchev–Trinajstić information content (AvgIpc) is 2.39. The Balaban J connectivity index is 1.96. The zero-order valence-corrected chi connectivity index (χ0v) is 12.1. The van der Waals surface area contributed by atoms with E-state index in [1.54, 1.807) is 12.1 Å². The summed E-state index contributed by atoms with van der Waals surface area (Å²) in [7, 11) is 0. The Morgan fingerprint density at radius 2 is 1.85 bits per heavy atom. The Hall–Kier alpha value is -1.46. The standard InChI is InChI=1S/C15H21FN2O2/c1-10-8-18(9-11(2)20-10)12(3)15(19)17-14-6-4-13(16)5-7-14/h4-7,10-12H,8-9H2,1-3H3,(H,17,19)/t10-,11-,12+/m1/s1. The predicted molar refractivity (Wildman–Crippen MR) is 76.1 cm³/mol. The van der Waals surface area contributed by atoms with Crippen LogP contribution in [-0.4, -0.2) is 42.1 Å². The molecule has 2 rings (SSSR count). The molecule has 1 N–H and O–H groups in total. The van der Waals surface area contributed by atoms with Crippen LogP contribution < -0.4 is 5.32 Å². The third kappa shape index (κ3) is 3.77. The lowest BCUT2D eigenvalue weighted by Crippen LogP contribution is -2.52. The molecule has 1 amide bonds. The normalized spacial score (nSPS) is 25.2. The van der Waals surface area contributed by atoms with E-state index in [0.29, 0.717) is 5.69 Å². The number of hydrogen-bond acceptors (Lipinski definition) is 3. The summed E-state index contributed by atoms with van der Waals surface area (Å²) in [6.45, 7) is 7.37. The molecule has 1 heterocycles. The van der Waals surface area contributed by atoms with E-state index in [1.807, 2.05) is 20.8 Å². The summed E-state index contributed by atoms with van der Waals surface area (Å²) in [5, 5.41) is 2.81. The highest BCUT2D eigenvalue weighted by Gasteiger charge is 2.29. The lowest BCUT2D eigenvalue weighted by Gasteiger charge is -2.38. The van der Waals surface area contributed by atoms with Crippen molar-refractivity contribution in [3.05, 3.63) is 30.1 Å². The summed E-state index contributed by atoms with van der Waals surface area (Å²) in [6, 6.07) is 5.54. The summed E-state index contributed by atoms with van der Waals surface area (Å²) < 4.78 is 18.5. The number of carbonyl (C=O) groups excluding carboxylic acids is 1. The van der Waals surface area contributed by atoms with Gasteiger partial charge in [0.25, 0.3) is 0 Å². The first kappa shape index (κ1) is 14.9. The van der Waals surface area contributed by atoms with E-state index in [2.05, 4.69) is 10.2 Å². The molecule has 1 aromatic rings. The summed E-state index contributed by atoms with van der Waals surface area (Å²) in [5.41, 5.74) is 0.609. The average molecular weight is 280 g/mol. The first-order valence-electron chi connectivity index (χ1n) is 6.91. The lowest BCUT2D eigenvalue weighted by molar-refractivity contribution is -0.126. The van der Waals surface area contributed by atoms with Crippen LogP contribution in [0.15, 0.2) is 24.3 Å². The first-order valence-corrected chi connectivity index (χ1v) is 6.91. The fourth-order valence-electron chi connectivity index (χ4n) is 2.48. The molecule has 4 nitrogen and oxygen atoms in total. The van der Waals surface area contributed by atoms with Gasteiger partial charge in [0.15, 0.2) is 0 Å². The highest BCUT2D eigenvalue weighted by atomic mass is 19.1. The second-order valence-corrected chi connectivity index (χ2v) is 5.38. The Labute approximate surface area is 118 Å². The molecule has 1 saturated heterocycles. The predicted octanol–water partition coefficient (Wildman–Crippen LogP) is 2.26. The number of benzene rings is 1. The molecule has 5 heteroatoms. The van der Waals surface area contributed by atoms with Crippen LogP contribution in [-0.2, 0) is 9.53 Å². The monoisotopic (exact) mass is 280 g/mol. The first-order chi connectivity index (χ1) is 9.45. The molecular formula is C15H21FN2O2. The van der Waals surface area contributed by atoms with E-state index >= 15 is 0 Å². The van der Waals surface area contributed by atoms with Crippen molar-refractivity contribution in [1.82, 2.24) is 4.90 Å². The van der Waals surface area contributed by atoms with Crippen LogP contribution in [0.4, 0.5) is 10.1 Å². The summed E-state index contributed by atoms with van der Waals surface area (Å²) >= 11 is 0. The minimum Gasteiger partial charge on any atom is -0.373 e. The number of rotatable bonds is 3. The van der Waals surface area contributed by atoms with Crippen LogP contribution in [0.2, 0.25) is 0 Å². The van der Waals surface area contributed by atoms with Crippen LogP contribution in [0.3, 0.4) is 0 Å². The van der Waals surface area contributed by atoms with Gasteiger partial charge >= 0.3 is 0 Å². The van der Waals surface area contributed by atoms with Crippen molar-refractivity contribution in [2.45, 2.75) is 39.0 Å². The second-order valence-electron chi connectivity index (χ2n) is 5.38. The molecule has 0 aromatic heterocycles. The van der Waals surface area contributed by atoms with Gasteiger partial charge in [0.1, 0.15) is 5.82 Å². The number of morpholine rings is 1. The number of amides is 1. The molecule has 1 aromatic carbocycles. The lowest BCUT2D eigenvalue weighted by atomic mass is 10.1. The van der Waals surface area contributed by atoms with Gasteiger partial charge in [-0.05, 0) is 45.0 Å². The molecule has 3 atom stereocenters. The number of nitrogens with one attached hydrogen (secondary N) is 1. The maximum atomic E-state index is 12.8. The van der Waals surface area contributed by atoms with Gasteiger partial charge in [-0.1, -0.05) is 0 Å². The van der Waals surface area contributed by atoms with Crippen molar-refractivity contribution < 1.29 is 13.9 Å². The zero-order valence-electron chi connectivity index (χ0n) is 12.1. The SMILES string of the molecule is C[C@@H]1CN([C@@H](C)C(=O)Nc2ccc(F)cc2)C[C@@H](C)O1. The quantitative estimate of drug-likeness (QED) is 0.923. The third-order valence-electron chi connectivity index (χ3n) is 3.49. The summed E-state index contributed by atoms with van der Waals surface area (Å²) in [6.07, 6.45) is 0.250.